The smallest absolute Gasteiger partial charge is 0.417 e. The number of aromatic nitrogens is 1. The van der Waals surface area contributed by atoms with Crippen molar-refractivity contribution < 1.29 is 27.8 Å². The molecule has 0 fully saturated rings. The second-order valence-corrected chi connectivity index (χ2v) is 4.81. The van der Waals surface area contributed by atoms with Gasteiger partial charge in [0.05, 0.1) is 5.56 Å². The van der Waals surface area contributed by atoms with Gasteiger partial charge in [0.1, 0.15) is 17.6 Å². The van der Waals surface area contributed by atoms with Gasteiger partial charge < -0.3 is 14.6 Å². The van der Waals surface area contributed by atoms with Crippen LogP contribution in [0.4, 0.5) is 13.2 Å². The molecule has 0 spiro atoms. The van der Waals surface area contributed by atoms with Crippen LogP contribution in [0.15, 0.2) is 42.6 Å². The summed E-state index contributed by atoms with van der Waals surface area (Å²) in [5, 5.41) is 18.6. The molecule has 1 unspecified atom stereocenters. The molecule has 0 amide bonds. The zero-order valence-electron chi connectivity index (χ0n) is 12.5. The third-order valence-electron chi connectivity index (χ3n) is 3.05. The minimum atomic E-state index is -4.46. The molecule has 8 heteroatoms. The SMILES string of the molecule is CCC(O)(C#N)Oc1ccc(Oc2ccc(C(F)(F)F)cn2)cc1. The Labute approximate surface area is 135 Å². The molecule has 0 aliphatic rings. The average Bonchev–Trinajstić information content (AvgIpc) is 2.56. The van der Waals surface area contributed by atoms with Gasteiger partial charge in [0.15, 0.2) is 0 Å². The lowest BCUT2D eigenvalue weighted by Gasteiger charge is -2.19. The molecule has 0 saturated carbocycles. The molecule has 24 heavy (non-hydrogen) atoms. The van der Waals surface area contributed by atoms with Crippen LogP contribution in [0.1, 0.15) is 18.9 Å². The Morgan fingerprint density at radius 3 is 2.21 bits per heavy atom. The van der Waals surface area contributed by atoms with Crippen LogP contribution in [-0.4, -0.2) is 15.9 Å². The van der Waals surface area contributed by atoms with Crippen LogP contribution in [0, 0.1) is 11.3 Å². The maximum absolute atomic E-state index is 12.4. The number of aliphatic hydroxyl groups is 1. The van der Waals surface area contributed by atoms with E-state index in [1.54, 1.807) is 13.0 Å². The van der Waals surface area contributed by atoms with E-state index in [4.69, 9.17) is 14.7 Å². The third kappa shape index (κ3) is 4.36. The van der Waals surface area contributed by atoms with E-state index in [1.807, 2.05) is 0 Å². The first-order valence-electron chi connectivity index (χ1n) is 6.89. The second kappa shape index (κ2) is 6.76. The number of hydrogen-bond donors (Lipinski definition) is 1. The van der Waals surface area contributed by atoms with Crippen LogP contribution in [0.2, 0.25) is 0 Å². The number of pyridine rings is 1. The molecule has 1 aromatic heterocycles. The topological polar surface area (TPSA) is 75.4 Å². The van der Waals surface area contributed by atoms with Gasteiger partial charge >= 0.3 is 6.18 Å². The monoisotopic (exact) mass is 338 g/mol. The highest BCUT2D eigenvalue weighted by Gasteiger charge is 2.30. The van der Waals surface area contributed by atoms with Crippen molar-refractivity contribution >= 4 is 0 Å². The molecule has 0 aliphatic carbocycles. The van der Waals surface area contributed by atoms with Crippen molar-refractivity contribution in [1.82, 2.24) is 4.98 Å². The van der Waals surface area contributed by atoms with Crippen LogP contribution in [0.3, 0.4) is 0 Å². The average molecular weight is 338 g/mol. The normalized spacial score (nSPS) is 13.7. The predicted molar refractivity (Wildman–Crippen MR) is 77.2 cm³/mol. The van der Waals surface area contributed by atoms with Gasteiger partial charge in [-0.1, -0.05) is 6.92 Å². The van der Waals surface area contributed by atoms with Gasteiger partial charge in [-0.15, -0.1) is 0 Å². The molecule has 0 radical (unpaired) electrons. The van der Waals surface area contributed by atoms with Crippen molar-refractivity contribution in [3.8, 4) is 23.4 Å². The summed E-state index contributed by atoms with van der Waals surface area (Å²) in [7, 11) is 0. The summed E-state index contributed by atoms with van der Waals surface area (Å²) in [5.74, 6) is -1.36. The fraction of sp³-hybridized carbons (Fsp3) is 0.250. The molecule has 1 N–H and O–H groups in total. The number of alkyl halides is 3. The van der Waals surface area contributed by atoms with Gasteiger partial charge in [-0.05, 0) is 30.3 Å². The molecule has 0 bridgehead atoms. The molecule has 2 rings (SSSR count). The van der Waals surface area contributed by atoms with Crippen molar-refractivity contribution in [2.45, 2.75) is 25.3 Å². The highest BCUT2D eigenvalue weighted by atomic mass is 19.4. The molecule has 1 heterocycles. The predicted octanol–water partition coefficient (Wildman–Crippen LogP) is 3.89. The van der Waals surface area contributed by atoms with E-state index in [9.17, 15) is 18.3 Å². The van der Waals surface area contributed by atoms with Crippen LogP contribution < -0.4 is 9.47 Å². The Bertz CT molecular complexity index is 724. The number of rotatable bonds is 5. The summed E-state index contributed by atoms with van der Waals surface area (Å²) in [6.45, 7) is 1.59. The standard InChI is InChI=1S/C16H13F3N2O3/c1-2-15(22,10-20)24-13-6-4-12(5-7-13)23-14-8-3-11(9-21-14)16(17,18)19/h3-9,22H,2H2,1H3. The zero-order chi connectivity index (χ0) is 17.8. The number of nitrogens with zero attached hydrogens (tertiary/aromatic N) is 2. The number of benzene rings is 1. The zero-order valence-corrected chi connectivity index (χ0v) is 12.5. The molecule has 126 valence electrons. The third-order valence-corrected chi connectivity index (χ3v) is 3.05. The van der Waals surface area contributed by atoms with Gasteiger partial charge in [-0.2, -0.15) is 18.4 Å². The summed E-state index contributed by atoms with van der Waals surface area (Å²) in [5.41, 5.74) is -0.867. The molecule has 5 nitrogen and oxygen atoms in total. The van der Waals surface area contributed by atoms with E-state index in [1.165, 1.54) is 24.3 Å². The number of hydrogen-bond acceptors (Lipinski definition) is 5. The Kier molecular flexibility index (Phi) is 4.95. The van der Waals surface area contributed by atoms with Crippen molar-refractivity contribution in [3.05, 3.63) is 48.2 Å². The van der Waals surface area contributed by atoms with E-state index in [2.05, 4.69) is 4.98 Å². The quantitative estimate of drug-likeness (QED) is 0.661. The van der Waals surface area contributed by atoms with E-state index < -0.39 is 17.5 Å². The van der Waals surface area contributed by atoms with Crippen molar-refractivity contribution in [3.63, 3.8) is 0 Å². The lowest BCUT2D eigenvalue weighted by atomic mass is 10.2. The largest absolute Gasteiger partial charge is 0.449 e. The molecule has 0 aliphatic heterocycles. The Balaban J connectivity index is 2.05. The highest BCUT2D eigenvalue weighted by Crippen LogP contribution is 2.30. The fourth-order valence-corrected chi connectivity index (χ4v) is 1.67. The van der Waals surface area contributed by atoms with E-state index >= 15 is 0 Å². The maximum Gasteiger partial charge on any atom is 0.417 e. The minimum Gasteiger partial charge on any atom is -0.449 e. The van der Waals surface area contributed by atoms with Crippen LogP contribution in [0.5, 0.6) is 17.4 Å². The molecule has 2 aromatic rings. The summed E-state index contributed by atoms with van der Waals surface area (Å²) < 4.78 is 47.8. The maximum atomic E-state index is 12.4. The van der Waals surface area contributed by atoms with Gasteiger partial charge in [0.2, 0.25) is 5.88 Å². The van der Waals surface area contributed by atoms with Crippen molar-refractivity contribution in [2.75, 3.05) is 0 Å². The second-order valence-electron chi connectivity index (χ2n) is 4.81. The van der Waals surface area contributed by atoms with Crippen LogP contribution in [0.25, 0.3) is 0 Å². The van der Waals surface area contributed by atoms with Gasteiger partial charge in [-0.25, -0.2) is 4.98 Å². The molecule has 1 atom stereocenters. The molecular formula is C16H13F3N2O3. The first kappa shape index (κ1) is 17.6. The fourth-order valence-electron chi connectivity index (χ4n) is 1.67. The van der Waals surface area contributed by atoms with E-state index in [-0.39, 0.29) is 18.1 Å². The first-order chi connectivity index (χ1) is 11.3. The lowest BCUT2D eigenvalue weighted by Crippen LogP contribution is -2.32. The van der Waals surface area contributed by atoms with Gasteiger partial charge in [-0.3, -0.25) is 0 Å². The Morgan fingerprint density at radius 1 is 1.12 bits per heavy atom. The van der Waals surface area contributed by atoms with E-state index in [0.29, 0.717) is 11.9 Å². The van der Waals surface area contributed by atoms with Crippen LogP contribution in [-0.2, 0) is 6.18 Å². The molecule has 0 saturated heterocycles. The number of halogens is 3. The summed E-state index contributed by atoms with van der Waals surface area (Å²) >= 11 is 0. The van der Waals surface area contributed by atoms with Crippen molar-refractivity contribution in [2.24, 2.45) is 0 Å². The number of nitriles is 1. The summed E-state index contributed by atoms with van der Waals surface area (Å²) in [6, 6.07) is 9.49. The molecular weight excluding hydrogens is 325 g/mol. The van der Waals surface area contributed by atoms with Crippen molar-refractivity contribution in [1.29, 1.82) is 5.26 Å². The van der Waals surface area contributed by atoms with Gasteiger partial charge in [0.25, 0.3) is 5.79 Å². The van der Waals surface area contributed by atoms with Gasteiger partial charge in [0, 0.05) is 18.7 Å². The lowest BCUT2D eigenvalue weighted by molar-refractivity contribution is -0.137. The Morgan fingerprint density at radius 2 is 1.75 bits per heavy atom. The summed E-state index contributed by atoms with van der Waals surface area (Å²) in [4.78, 5) is 3.59. The van der Waals surface area contributed by atoms with Crippen LogP contribution >= 0.6 is 0 Å². The van der Waals surface area contributed by atoms with E-state index in [0.717, 1.165) is 12.1 Å². The number of ether oxygens (including phenoxy) is 2. The minimum absolute atomic E-state index is 0.00115. The Hall–Kier alpha value is -2.79. The molecule has 1 aromatic carbocycles. The summed E-state index contributed by atoms with van der Waals surface area (Å²) in [6.07, 6.45) is -3.69. The highest BCUT2D eigenvalue weighted by molar-refractivity contribution is 5.34. The first-order valence-corrected chi connectivity index (χ1v) is 6.89.